The number of rotatable bonds is 0. The number of nitrogens with zero attached hydrogens (tertiary/aromatic N) is 2. The number of carbonyl (C=O) groups is 2. The molecule has 2 aliphatic rings. The van der Waals surface area contributed by atoms with E-state index in [4.69, 9.17) is 0 Å². The number of hydrogen-bond acceptors (Lipinski definition) is 4. The van der Waals surface area contributed by atoms with Crippen molar-refractivity contribution in [3.05, 3.63) is 47.3 Å². The van der Waals surface area contributed by atoms with Crippen LogP contribution in [0.2, 0.25) is 0 Å². The third-order valence-electron chi connectivity index (χ3n) is 3.03. The molecule has 2 heterocycles. The van der Waals surface area contributed by atoms with E-state index >= 15 is 0 Å². The summed E-state index contributed by atoms with van der Waals surface area (Å²) in [6.45, 7) is 0.719. The Hall–Kier alpha value is -2.23. The second-order valence-corrected chi connectivity index (χ2v) is 4.10. The van der Waals surface area contributed by atoms with Gasteiger partial charge in [-0.3, -0.25) is 14.6 Å². The van der Waals surface area contributed by atoms with Crippen molar-refractivity contribution in [3.63, 3.8) is 0 Å². The monoisotopic (exact) mass is 226 g/mol. The molecule has 0 saturated carbocycles. The van der Waals surface area contributed by atoms with E-state index in [1.807, 2.05) is 18.0 Å². The van der Waals surface area contributed by atoms with Crippen molar-refractivity contribution in [1.82, 2.24) is 9.88 Å². The molecule has 0 atom stereocenters. The summed E-state index contributed by atoms with van der Waals surface area (Å²) in [4.78, 5) is 30.0. The Morgan fingerprint density at radius 2 is 2.12 bits per heavy atom. The Morgan fingerprint density at radius 3 is 2.94 bits per heavy atom. The van der Waals surface area contributed by atoms with Gasteiger partial charge in [0.1, 0.15) is 0 Å². The third kappa shape index (κ3) is 1.27. The summed E-state index contributed by atoms with van der Waals surface area (Å²) < 4.78 is 0. The van der Waals surface area contributed by atoms with Crippen molar-refractivity contribution in [1.29, 1.82) is 0 Å². The van der Waals surface area contributed by atoms with Gasteiger partial charge in [-0.1, -0.05) is 12.2 Å². The second kappa shape index (κ2) is 3.38. The fraction of sp³-hybridized carbons (Fsp3) is 0.154. The predicted octanol–water partition coefficient (Wildman–Crippen LogP) is 1.06. The number of allylic oxidation sites excluding steroid dienone is 2. The molecular weight excluding hydrogens is 216 g/mol. The highest BCUT2D eigenvalue weighted by atomic mass is 16.2. The van der Waals surface area contributed by atoms with Crippen molar-refractivity contribution in [3.8, 4) is 0 Å². The van der Waals surface area contributed by atoms with Gasteiger partial charge in [-0.25, -0.2) is 0 Å². The van der Waals surface area contributed by atoms with Gasteiger partial charge in [0.05, 0.1) is 22.5 Å². The van der Waals surface area contributed by atoms with Crippen molar-refractivity contribution < 1.29 is 9.59 Å². The van der Waals surface area contributed by atoms with Gasteiger partial charge in [-0.2, -0.15) is 0 Å². The lowest BCUT2D eigenvalue weighted by molar-refractivity contribution is -0.111. The zero-order valence-corrected chi connectivity index (χ0v) is 9.30. The van der Waals surface area contributed by atoms with Crippen LogP contribution < -0.4 is 0 Å². The quantitative estimate of drug-likeness (QED) is 0.621. The van der Waals surface area contributed by atoms with Crippen LogP contribution in [-0.4, -0.2) is 35.0 Å². The van der Waals surface area contributed by atoms with E-state index in [0.717, 1.165) is 12.2 Å². The summed E-state index contributed by atoms with van der Waals surface area (Å²) >= 11 is 0. The molecule has 0 unspecified atom stereocenters. The number of aromatic nitrogens is 1. The number of hydrogen-bond donors (Lipinski definition) is 0. The van der Waals surface area contributed by atoms with Crippen LogP contribution in [0.5, 0.6) is 0 Å². The van der Waals surface area contributed by atoms with Gasteiger partial charge in [0.2, 0.25) is 11.6 Å². The fourth-order valence-corrected chi connectivity index (χ4v) is 2.22. The maximum atomic E-state index is 12.0. The minimum atomic E-state index is -0.466. The van der Waals surface area contributed by atoms with Gasteiger partial charge in [-0.05, 0) is 12.1 Å². The lowest BCUT2D eigenvalue weighted by Gasteiger charge is -2.29. The highest BCUT2D eigenvalue weighted by Crippen LogP contribution is 2.32. The first-order chi connectivity index (χ1) is 8.20. The molecule has 0 spiro atoms. The minimum absolute atomic E-state index is 0.401. The van der Waals surface area contributed by atoms with Crippen LogP contribution in [0.3, 0.4) is 0 Å². The van der Waals surface area contributed by atoms with Crippen molar-refractivity contribution in [2.45, 2.75) is 0 Å². The highest BCUT2D eigenvalue weighted by Gasteiger charge is 2.34. The second-order valence-electron chi connectivity index (χ2n) is 4.10. The van der Waals surface area contributed by atoms with Crippen molar-refractivity contribution in [2.24, 2.45) is 0 Å². The first-order valence-corrected chi connectivity index (χ1v) is 5.36. The fourth-order valence-electron chi connectivity index (χ4n) is 2.22. The van der Waals surface area contributed by atoms with E-state index in [0.29, 0.717) is 16.8 Å². The van der Waals surface area contributed by atoms with Gasteiger partial charge in [-0.15, -0.1) is 0 Å². The normalized spacial score (nSPS) is 18.3. The summed E-state index contributed by atoms with van der Waals surface area (Å²) in [7, 11) is 1.89. The highest BCUT2D eigenvalue weighted by molar-refractivity contribution is 6.53. The number of carbonyl (C=O) groups excluding carboxylic acids is 2. The number of fused-ring (bicyclic) bond motifs is 2. The molecule has 0 bridgehead atoms. The standard InChI is InChI=1S/C13H10N2O2/c1-15-7-3-5-9-11(15)10-8(4-2-6-14-10)12(16)13(9)17/h2-6H,7H2,1H3. The number of ketones is 2. The molecule has 17 heavy (non-hydrogen) atoms. The summed E-state index contributed by atoms with van der Waals surface area (Å²) in [5.74, 6) is -0.907. The topological polar surface area (TPSA) is 50.3 Å². The van der Waals surface area contributed by atoms with Gasteiger partial charge < -0.3 is 4.90 Å². The summed E-state index contributed by atoms with van der Waals surface area (Å²) in [6.07, 6.45) is 5.23. The van der Waals surface area contributed by atoms with Gasteiger partial charge in [0, 0.05) is 19.8 Å². The Kier molecular flexibility index (Phi) is 1.98. The number of pyridine rings is 1. The van der Waals surface area contributed by atoms with Crippen LogP contribution in [0.25, 0.3) is 5.70 Å². The van der Waals surface area contributed by atoms with Crippen LogP contribution in [-0.2, 0) is 4.79 Å². The van der Waals surface area contributed by atoms with Crippen molar-refractivity contribution in [2.75, 3.05) is 13.6 Å². The summed E-state index contributed by atoms with van der Waals surface area (Å²) in [5, 5.41) is 0. The molecule has 1 aliphatic carbocycles. The zero-order valence-electron chi connectivity index (χ0n) is 9.30. The van der Waals surface area contributed by atoms with Crippen LogP contribution in [0.1, 0.15) is 16.1 Å². The van der Waals surface area contributed by atoms with Gasteiger partial charge in [0.15, 0.2) is 0 Å². The van der Waals surface area contributed by atoms with E-state index in [1.165, 1.54) is 0 Å². The Morgan fingerprint density at radius 1 is 1.29 bits per heavy atom. The molecule has 84 valence electrons. The van der Waals surface area contributed by atoms with Crippen molar-refractivity contribution >= 4 is 17.3 Å². The minimum Gasteiger partial charge on any atom is -0.368 e. The van der Waals surface area contributed by atoms with E-state index < -0.39 is 11.6 Å². The molecule has 0 saturated heterocycles. The third-order valence-corrected chi connectivity index (χ3v) is 3.03. The van der Waals surface area contributed by atoms with E-state index in [9.17, 15) is 9.59 Å². The maximum Gasteiger partial charge on any atom is 0.235 e. The largest absolute Gasteiger partial charge is 0.368 e. The Balaban J connectivity index is 2.34. The number of likely N-dealkylation sites (N-methyl/N-ethyl adjacent to an activating group) is 1. The molecule has 4 nitrogen and oxygen atoms in total. The first kappa shape index (κ1) is 9.96. The summed E-state index contributed by atoms with van der Waals surface area (Å²) in [5.41, 5.74) is 2.22. The molecule has 0 amide bonds. The van der Waals surface area contributed by atoms with Crippen LogP contribution in [0.4, 0.5) is 0 Å². The average Bonchev–Trinajstić information content (AvgIpc) is 2.36. The van der Waals surface area contributed by atoms with Crippen LogP contribution in [0.15, 0.2) is 36.1 Å². The molecule has 0 N–H and O–H groups in total. The van der Waals surface area contributed by atoms with E-state index in [2.05, 4.69) is 4.98 Å². The molecule has 0 radical (unpaired) electrons. The van der Waals surface area contributed by atoms with Crippen LogP contribution in [0, 0.1) is 0 Å². The zero-order chi connectivity index (χ0) is 12.0. The molecule has 0 aromatic carbocycles. The lowest BCUT2D eigenvalue weighted by atomic mass is 9.88. The van der Waals surface area contributed by atoms with Crippen LogP contribution >= 0.6 is 0 Å². The predicted molar refractivity (Wildman–Crippen MR) is 62.3 cm³/mol. The van der Waals surface area contributed by atoms with E-state index in [-0.39, 0.29) is 0 Å². The average molecular weight is 226 g/mol. The summed E-state index contributed by atoms with van der Waals surface area (Å²) in [6, 6.07) is 3.33. The smallest absolute Gasteiger partial charge is 0.235 e. The van der Waals surface area contributed by atoms with E-state index in [1.54, 1.807) is 24.4 Å². The molecule has 3 rings (SSSR count). The first-order valence-electron chi connectivity index (χ1n) is 5.36. The molecule has 0 fully saturated rings. The molecule has 1 aliphatic heterocycles. The lowest BCUT2D eigenvalue weighted by Crippen LogP contribution is -2.32. The molecule has 1 aromatic rings. The van der Waals surface area contributed by atoms with Gasteiger partial charge >= 0.3 is 0 Å². The SMILES string of the molecule is CN1CC=CC2=C1c1ncccc1C(=O)C2=O. The maximum absolute atomic E-state index is 12.0. The molecule has 4 heteroatoms. The Bertz CT molecular complexity index is 599. The molecular formula is C13H10N2O2. The van der Waals surface area contributed by atoms with Gasteiger partial charge in [0.25, 0.3) is 0 Å². The Labute approximate surface area is 98.3 Å². The molecule has 1 aromatic heterocycles. The number of Topliss-reactive ketones (excluding diaryl/α,β-unsaturated/α-hetero) is 2.